The maximum absolute atomic E-state index is 11.1. The third kappa shape index (κ3) is 1.75. The first kappa shape index (κ1) is 10.2. The van der Waals surface area contributed by atoms with E-state index in [2.05, 4.69) is 5.10 Å². The normalized spacial score (nSPS) is 10.3. The van der Waals surface area contributed by atoms with Crippen LogP contribution in [0.1, 0.15) is 15.9 Å². The number of amides is 1. The summed E-state index contributed by atoms with van der Waals surface area (Å²) in [6.45, 7) is 1.94. The van der Waals surface area contributed by atoms with Gasteiger partial charge < -0.3 is 11.5 Å². The van der Waals surface area contributed by atoms with E-state index < -0.39 is 5.91 Å². The van der Waals surface area contributed by atoms with Gasteiger partial charge in [0.05, 0.1) is 17.4 Å². The fraction of sp³-hybridized carbons (Fsp3) is 0.0909. The first-order chi connectivity index (χ1) is 7.58. The van der Waals surface area contributed by atoms with Crippen LogP contribution in [0.15, 0.2) is 30.6 Å². The van der Waals surface area contributed by atoms with Crippen LogP contribution in [0.3, 0.4) is 0 Å². The van der Waals surface area contributed by atoms with E-state index in [-0.39, 0.29) is 0 Å². The zero-order valence-corrected chi connectivity index (χ0v) is 8.84. The number of hydrogen-bond acceptors (Lipinski definition) is 3. The van der Waals surface area contributed by atoms with E-state index in [0.717, 1.165) is 11.3 Å². The topological polar surface area (TPSA) is 86.9 Å². The van der Waals surface area contributed by atoms with E-state index in [9.17, 15) is 4.79 Å². The molecule has 0 saturated heterocycles. The molecule has 0 unspecified atom stereocenters. The van der Waals surface area contributed by atoms with Crippen LogP contribution in [-0.2, 0) is 0 Å². The summed E-state index contributed by atoms with van der Waals surface area (Å²) in [5.41, 5.74) is 13.3. The number of primary amides is 1. The Morgan fingerprint density at radius 2 is 2.19 bits per heavy atom. The number of carbonyl (C=O) groups is 1. The predicted molar refractivity (Wildman–Crippen MR) is 61.2 cm³/mol. The Bertz CT molecular complexity index is 545. The molecule has 2 aromatic rings. The highest BCUT2D eigenvalue weighted by Crippen LogP contribution is 2.16. The van der Waals surface area contributed by atoms with Gasteiger partial charge in [-0.3, -0.25) is 4.79 Å². The Balaban J connectivity index is 2.51. The minimum Gasteiger partial charge on any atom is -0.398 e. The molecule has 82 valence electrons. The minimum atomic E-state index is -0.539. The quantitative estimate of drug-likeness (QED) is 0.730. The van der Waals surface area contributed by atoms with Gasteiger partial charge in [-0.2, -0.15) is 5.10 Å². The molecule has 5 heteroatoms. The highest BCUT2D eigenvalue weighted by Gasteiger charge is 2.07. The van der Waals surface area contributed by atoms with Gasteiger partial charge in [0.1, 0.15) is 0 Å². The molecule has 1 aromatic heterocycles. The second-order valence-corrected chi connectivity index (χ2v) is 3.60. The molecule has 2 rings (SSSR count). The van der Waals surface area contributed by atoms with Gasteiger partial charge in [0.15, 0.2) is 0 Å². The van der Waals surface area contributed by atoms with Gasteiger partial charge in [0.25, 0.3) is 5.91 Å². The van der Waals surface area contributed by atoms with Crippen molar-refractivity contribution < 1.29 is 4.79 Å². The number of nitrogens with zero attached hydrogens (tertiary/aromatic N) is 2. The second-order valence-electron chi connectivity index (χ2n) is 3.60. The van der Waals surface area contributed by atoms with Gasteiger partial charge in [-0.15, -0.1) is 0 Å². The van der Waals surface area contributed by atoms with Crippen molar-refractivity contribution in [2.24, 2.45) is 5.73 Å². The average Bonchev–Trinajstić information content (AvgIpc) is 2.65. The zero-order valence-electron chi connectivity index (χ0n) is 8.84. The third-order valence-corrected chi connectivity index (χ3v) is 2.28. The molecule has 0 aliphatic carbocycles. The van der Waals surface area contributed by atoms with Gasteiger partial charge in [-0.1, -0.05) is 0 Å². The molecule has 0 spiro atoms. The number of rotatable bonds is 2. The Morgan fingerprint density at radius 3 is 2.75 bits per heavy atom. The highest BCUT2D eigenvalue weighted by molar-refractivity contribution is 5.98. The number of nitrogen functional groups attached to an aromatic ring is 1. The monoisotopic (exact) mass is 216 g/mol. The summed E-state index contributed by atoms with van der Waals surface area (Å²) in [4.78, 5) is 11.1. The van der Waals surface area contributed by atoms with E-state index >= 15 is 0 Å². The number of aromatic nitrogens is 2. The van der Waals surface area contributed by atoms with Crippen molar-refractivity contribution in [3.05, 3.63) is 41.7 Å². The Kier molecular flexibility index (Phi) is 2.36. The second kappa shape index (κ2) is 3.69. The maximum atomic E-state index is 11.1. The van der Waals surface area contributed by atoms with Crippen LogP contribution < -0.4 is 11.5 Å². The fourth-order valence-corrected chi connectivity index (χ4v) is 1.45. The predicted octanol–water partition coefficient (Wildman–Crippen LogP) is 0.862. The van der Waals surface area contributed by atoms with Gasteiger partial charge in [-0.05, 0) is 30.7 Å². The SMILES string of the molecule is Cc1cnn(-c2ccc(N)c(C(N)=O)c2)c1. The molecular formula is C11H12N4O. The van der Waals surface area contributed by atoms with Crippen LogP contribution in [0, 0.1) is 6.92 Å². The van der Waals surface area contributed by atoms with E-state index in [1.165, 1.54) is 0 Å². The molecule has 0 saturated carbocycles. The largest absolute Gasteiger partial charge is 0.398 e. The number of aryl methyl sites for hydroxylation is 1. The molecule has 0 atom stereocenters. The summed E-state index contributed by atoms with van der Waals surface area (Å²) in [5, 5.41) is 4.14. The van der Waals surface area contributed by atoms with Crippen LogP contribution in [0.25, 0.3) is 5.69 Å². The number of benzene rings is 1. The summed E-state index contributed by atoms with van der Waals surface area (Å²) in [6, 6.07) is 5.06. The standard InChI is InChI=1S/C11H12N4O/c1-7-5-14-15(6-7)8-2-3-10(12)9(4-8)11(13)16/h2-6H,12H2,1H3,(H2,13,16). The minimum absolute atomic E-state index is 0.311. The molecule has 16 heavy (non-hydrogen) atoms. The number of anilines is 1. The van der Waals surface area contributed by atoms with Crippen LogP contribution in [0.4, 0.5) is 5.69 Å². The van der Waals surface area contributed by atoms with Crippen LogP contribution >= 0.6 is 0 Å². The summed E-state index contributed by atoms with van der Waals surface area (Å²) in [6.07, 6.45) is 3.59. The first-order valence-electron chi connectivity index (χ1n) is 4.79. The van der Waals surface area contributed by atoms with Gasteiger partial charge >= 0.3 is 0 Å². The van der Waals surface area contributed by atoms with E-state index in [4.69, 9.17) is 11.5 Å². The number of hydrogen-bond donors (Lipinski definition) is 2. The first-order valence-corrected chi connectivity index (χ1v) is 4.79. The van der Waals surface area contributed by atoms with Crippen LogP contribution in [-0.4, -0.2) is 15.7 Å². The summed E-state index contributed by atoms with van der Waals surface area (Å²) in [7, 11) is 0. The lowest BCUT2D eigenvalue weighted by Gasteiger charge is -2.05. The average molecular weight is 216 g/mol. The Morgan fingerprint density at radius 1 is 1.44 bits per heavy atom. The summed E-state index contributed by atoms with van der Waals surface area (Å²) >= 11 is 0. The van der Waals surface area contributed by atoms with E-state index in [1.807, 2.05) is 13.1 Å². The molecular weight excluding hydrogens is 204 g/mol. The van der Waals surface area contributed by atoms with Crippen molar-refractivity contribution in [3.63, 3.8) is 0 Å². The molecule has 1 aromatic carbocycles. The van der Waals surface area contributed by atoms with Crippen molar-refractivity contribution in [1.29, 1.82) is 0 Å². The van der Waals surface area contributed by atoms with Gasteiger partial charge in [0, 0.05) is 11.9 Å². The smallest absolute Gasteiger partial charge is 0.250 e. The molecule has 0 aliphatic heterocycles. The molecule has 0 radical (unpaired) electrons. The summed E-state index contributed by atoms with van der Waals surface area (Å²) in [5.74, 6) is -0.539. The molecule has 5 nitrogen and oxygen atoms in total. The lowest BCUT2D eigenvalue weighted by atomic mass is 10.1. The Hall–Kier alpha value is -2.30. The molecule has 1 amide bonds. The summed E-state index contributed by atoms with van der Waals surface area (Å²) < 4.78 is 1.67. The third-order valence-electron chi connectivity index (χ3n) is 2.28. The molecule has 0 bridgehead atoms. The van der Waals surface area contributed by atoms with Gasteiger partial charge in [-0.25, -0.2) is 4.68 Å². The lowest BCUT2D eigenvalue weighted by molar-refractivity contribution is 0.100. The van der Waals surface area contributed by atoms with Crippen molar-refractivity contribution in [1.82, 2.24) is 9.78 Å². The number of nitrogens with two attached hydrogens (primary N) is 2. The maximum Gasteiger partial charge on any atom is 0.250 e. The molecule has 0 fully saturated rings. The fourth-order valence-electron chi connectivity index (χ4n) is 1.45. The van der Waals surface area contributed by atoms with Crippen molar-refractivity contribution in [2.45, 2.75) is 6.92 Å². The molecule has 0 aliphatic rings. The van der Waals surface area contributed by atoms with Crippen molar-refractivity contribution >= 4 is 11.6 Å². The molecule has 4 N–H and O–H groups in total. The Labute approximate surface area is 92.7 Å². The van der Waals surface area contributed by atoms with E-state index in [0.29, 0.717) is 11.3 Å². The van der Waals surface area contributed by atoms with Crippen molar-refractivity contribution in [3.8, 4) is 5.69 Å². The lowest BCUT2D eigenvalue weighted by Crippen LogP contribution is -2.14. The van der Waals surface area contributed by atoms with Crippen molar-refractivity contribution in [2.75, 3.05) is 5.73 Å². The number of carbonyl (C=O) groups excluding carboxylic acids is 1. The zero-order chi connectivity index (χ0) is 11.7. The van der Waals surface area contributed by atoms with E-state index in [1.54, 1.807) is 29.1 Å². The van der Waals surface area contributed by atoms with Crippen LogP contribution in [0.2, 0.25) is 0 Å². The van der Waals surface area contributed by atoms with Crippen LogP contribution in [0.5, 0.6) is 0 Å². The highest BCUT2D eigenvalue weighted by atomic mass is 16.1. The molecule has 1 heterocycles. The van der Waals surface area contributed by atoms with Gasteiger partial charge in [0.2, 0.25) is 0 Å².